The summed E-state index contributed by atoms with van der Waals surface area (Å²) in [5, 5.41) is 4.64. The van der Waals surface area contributed by atoms with Gasteiger partial charge in [0.25, 0.3) is 8.32 Å². The van der Waals surface area contributed by atoms with Gasteiger partial charge in [0.15, 0.2) is 10.8 Å². The van der Waals surface area contributed by atoms with Gasteiger partial charge < -0.3 is 18.5 Å². The first-order valence-corrected chi connectivity index (χ1v) is 21.6. The zero-order valence-corrected chi connectivity index (χ0v) is 35.4. The van der Waals surface area contributed by atoms with Crippen molar-refractivity contribution in [3.8, 4) is 11.1 Å². The number of nitrogens with zero attached hydrogens (tertiary/aromatic N) is 4. The SMILES string of the molecule is C=C1[C@H](CO[Si](c2ccccc2)(c2ccccc2)C(C)(C)C)[C@@H](OC(=O)c2ccc(-c3ccccc3)cc2)C[C@@H]1n1cnc2c(Cl)nc(NC(=O)OC(C)(C)C)nc21. The lowest BCUT2D eigenvalue weighted by Crippen LogP contribution is -2.67. The maximum absolute atomic E-state index is 14.0. The number of carbonyl (C=O) groups is 2. The van der Waals surface area contributed by atoms with E-state index in [0.29, 0.717) is 23.1 Å². The Morgan fingerprint density at radius 2 is 1.40 bits per heavy atom. The van der Waals surface area contributed by atoms with Crippen LogP contribution in [0.3, 0.4) is 0 Å². The van der Waals surface area contributed by atoms with Crippen molar-refractivity contribution in [2.75, 3.05) is 11.9 Å². The van der Waals surface area contributed by atoms with Crippen LogP contribution in [0.25, 0.3) is 22.3 Å². The number of benzene rings is 4. The Morgan fingerprint density at radius 3 is 1.97 bits per heavy atom. The standard InChI is InChI=1S/C46H48ClN5O5Si/c1-30-36(28-55-58(46(5,6)7,34-19-13-9-14-20-34)35-21-15-10-16-22-35)38(56-42(53)33-25-23-32(24-26-33)31-17-11-8-12-18-31)27-37(30)52-29-48-39-40(47)49-43(50-41(39)52)51-44(54)57-45(2,3)4/h8-26,29,36-38H,1,27-28H2,2-7H3,(H,49,50,51,54)/t36-,37-,38-/m0/s1. The molecule has 4 aromatic carbocycles. The highest BCUT2D eigenvalue weighted by molar-refractivity contribution is 6.99. The molecule has 1 saturated carbocycles. The number of amides is 1. The number of fused-ring (bicyclic) bond motifs is 1. The van der Waals surface area contributed by atoms with E-state index in [9.17, 15) is 9.59 Å². The quantitative estimate of drug-likeness (QED) is 0.0630. The molecule has 0 unspecified atom stereocenters. The average Bonchev–Trinajstić information content (AvgIpc) is 3.75. The van der Waals surface area contributed by atoms with Gasteiger partial charge in [0, 0.05) is 18.9 Å². The number of rotatable bonds is 10. The number of halogens is 1. The van der Waals surface area contributed by atoms with Crippen molar-refractivity contribution in [3.63, 3.8) is 0 Å². The molecule has 6 aromatic rings. The van der Waals surface area contributed by atoms with Crippen LogP contribution in [0.1, 0.15) is 64.4 Å². The molecule has 7 rings (SSSR count). The molecule has 1 aliphatic rings. The van der Waals surface area contributed by atoms with Crippen molar-refractivity contribution in [2.24, 2.45) is 5.92 Å². The normalized spacial score (nSPS) is 17.3. The van der Waals surface area contributed by atoms with E-state index in [-0.39, 0.29) is 22.7 Å². The molecular weight excluding hydrogens is 766 g/mol. The van der Waals surface area contributed by atoms with Crippen molar-refractivity contribution < 1.29 is 23.5 Å². The van der Waals surface area contributed by atoms with Crippen LogP contribution in [0.15, 0.2) is 134 Å². The van der Waals surface area contributed by atoms with E-state index in [4.69, 9.17) is 25.5 Å². The van der Waals surface area contributed by atoms with E-state index in [2.05, 4.69) is 96.1 Å². The fraction of sp³-hybridized carbons (Fsp3) is 0.283. The number of carbonyl (C=O) groups excluding carboxylic acids is 2. The van der Waals surface area contributed by atoms with Crippen LogP contribution in [-0.4, -0.2) is 58.2 Å². The molecule has 10 nitrogen and oxygen atoms in total. The number of imidazole rings is 1. The van der Waals surface area contributed by atoms with Crippen molar-refractivity contribution in [1.29, 1.82) is 0 Å². The van der Waals surface area contributed by atoms with Crippen LogP contribution in [0.4, 0.5) is 10.7 Å². The second-order valence-electron chi connectivity index (χ2n) is 16.6. The topological polar surface area (TPSA) is 117 Å². The van der Waals surface area contributed by atoms with Gasteiger partial charge in [0.05, 0.1) is 17.9 Å². The van der Waals surface area contributed by atoms with Gasteiger partial charge >= 0.3 is 12.1 Å². The van der Waals surface area contributed by atoms with Crippen LogP contribution in [0.2, 0.25) is 10.2 Å². The molecule has 0 spiro atoms. The Kier molecular flexibility index (Phi) is 11.4. The molecule has 3 atom stereocenters. The largest absolute Gasteiger partial charge is 0.458 e. The predicted molar refractivity (Wildman–Crippen MR) is 231 cm³/mol. The first-order valence-electron chi connectivity index (χ1n) is 19.3. The monoisotopic (exact) mass is 813 g/mol. The van der Waals surface area contributed by atoms with Gasteiger partial charge in [-0.05, 0) is 65.0 Å². The average molecular weight is 814 g/mol. The molecule has 2 aromatic heterocycles. The van der Waals surface area contributed by atoms with Crippen molar-refractivity contribution in [1.82, 2.24) is 19.5 Å². The summed E-state index contributed by atoms with van der Waals surface area (Å²) in [5.41, 5.74) is 3.27. The van der Waals surface area contributed by atoms with E-state index < -0.39 is 44.0 Å². The Morgan fingerprint density at radius 1 is 0.828 bits per heavy atom. The minimum atomic E-state index is -2.99. The maximum atomic E-state index is 14.0. The number of ether oxygens (including phenoxy) is 2. The second-order valence-corrected chi connectivity index (χ2v) is 21.2. The molecule has 1 aliphatic carbocycles. The molecular formula is C46H48ClN5O5Si. The van der Waals surface area contributed by atoms with E-state index in [1.807, 2.05) is 59.2 Å². The summed E-state index contributed by atoms with van der Waals surface area (Å²) in [7, 11) is -2.99. The summed E-state index contributed by atoms with van der Waals surface area (Å²) >= 11 is 6.61. The number of nitrogens with one attached hydrogen (secondary N) is 1. The minimum absolute atomic E-state index is 0.0365. The first kappa shape index (κ1) is 40.6. The van der Waals surface area contributed by atoms with Gasteiger partial charge in [0.2, 0.25) is 5.95 Å². The van der Waals surface area contributed by atoms with Crippen LogP contribution in [0, 0.1) is 5.92 Å². The molecule has 2 heterocycles. The summed E-state index contributed by atoms with van der Waals surface area (Å²) in [5.74, 6) is -0.892. The molecule has 1 N–H and O–H groups in total. The molecule has 0 bridgehead atoms. The molecule has 0 saturated heterocycles. The van der Waals surface area contributed by atoms with Gasteiger partial charge in [-0.3, -0.25) is 5.32 Å². The highest BCUT2D eigenvalue weighted by Gasteiger charge is 2.52. The third kappa shape index (κ3) is 8.34. The Labute approximate surface area is 345 Å². The number of anilines is 1. The Balaban J connectivity index is 1.25. The van der Waals surface area contributed by atoms with Crippen LogP contribution >= 0.6 is 11.6 Å². The number of esters is 1. The first-order chi connectivity index (χ1) is 27.6. The summed E-state index contributed by atoms with van der Waals surface area (Å²) in [6.45, 7) is 16.8. The van der Waals surface area contributed by atoms with Crippen LogP contribution in [0.5, 0.6) is 0 Å². The zero-order valence-electron chi connectivity index (χ0n) is 33.6. The zero-order chi connectivity index (χ0) is 41.2. The van der Waals surface area contributed by atoms with Crippen molar-refractivity contribution in [3.05, 3.63) is 144 Å². The third-order valence-corrected chi connectivity index (χ3v) is 15.8. The van der Waals surface area contributed by atoms with Crippen LogP contribution < -0.4 is 15.7 Å². The van der Waals surface area contributed by atoms with E-state index >= 15 is 0 Å². The summed E-state index contributed by atoms with van der Waals surface area (Å²) in [6.07, 6.45) is 0.656. The molecule has 1 fully saturated rings. The molecule has 1 amide bonds. The van der Waals surface area contributed by atoms with Gasteiger partial charge in [-0.1, -0.05) is 142 Å². The highest BCUT2D eigenvalue weighted by Crippen LogP contribution is 2.45. The third-order valence-electron chi connectivity index (χ3n) is 10.5. The molecule has 0 aliphatic heterocycles. The lowest BCUT2D eigenvalue weighted by molar-refractivity contribution is 0.0165. The summed E-state index contributed by atoms with van der Waals surface area (Å²) in [6, 6.07) is 37.9. The van der Waals surface area contributed by atoms with Gasteiger partial charge in [-0.25, -0.2) is 14.6 Å². The van der Waals surface area contributed by atoms with Crippen molar-refractivity contribution >= 4 is 59.5 Å². The Hall–Kier alpha value is -5.62. The molecule has 12 heteroatoms. The molecule has 0 radical (unpaired) electrons. The van der Waals surface area contributed by atoms with E-state index in [1.54, 1.807) is 39.2 Å². The fourth-order valence-electron chi connectivity index (χ4n) is 7.83. The van der Waals surface area contributed by atoms with Crippen molar-refractivity contribution in [2.45, 2.75) is 70.7 Å². The summed E-state index contributed by atoms with van der Waals surface area (Å²) in [4.78, 5) is 40.1. The number of aromatic nitrogens is 4. The highest BCUT2D eigenvalue weighted by atomic mass is 35.5. The van der Waals surface area contributed by atoms with E-state index in [0.717, 1.165) is 27.1 Å². The maximum Gasteiger partial charge on any atom is 0.414 e. The lowest BCUT2D eigenvalue weighted by atomic mass is 10.0. The number of hydrogen-bond donors (Lipinski definition) is 1. The van der Waals surface area contributed by atoms with Gasteiger partial charge in [-0.15, -0.1) is 0 Å². The Bertz CT molecular complexity index is 2370. The smallest absolute Gasteiger partial charge is 0.414 e. The molecule has 58 heavy (non-hydrogen) atoms. The lowest BCUT2D eigenvalue weighted by Gasteiger charge is -2.44. The van der Waals surface area contributed by atoms with Gasteiger partial charge in [0.1, 0.15) is 17.2 Å². The second kappa shape index (κ2) is 16.3. The summed E-state index contributed by atoms with van der Waals surface area (Å²) < 4.78 is 21.2. The predicted octanol–water partition coefficient (Wildman–Crippen LogP) is 9.41. The molecule has 298 valence electrons. The van der Waals surface area contributed by atoms with E-state index in [1.165, 1.54) is 0 Å². The fourth-order valence-corrected chi connectivity index (χ4v) is 12.6. The van der Waals surface area contributed by atoms with Crippen LogP contribution in [-0.2, 0) is 13.9 Å². The minimum Gasteiger partial charge on any atom is -0.458 e. The van der Waals surface area contributed by atoms with Gasteiger partial charge in [-0.2, -0.15) is 9.97 Å². The number of hydrogen-bond acceptors (Lipinski definition) is 8.